The van der Waals surface area contributed by atoms with E-state index in [0.717, 1.165) is 21.9 Å². The molecule has 1 fully saturated rings. The molecule has 0 saturated carbocycles. The highest BCUT2D eigenvalue weighted by Gasteiger charge is 2.34. The predicted octanol–water partition coefficient (Wildman–Crippen LogP) is 3.16. The average Bonchev–Trinajstić information content (AvgIpc) is 2.90. The number of amides is 2. The summed E-state index contributed by atoms with van der Waals surface area (Å²) in [5, 5.41) is 15.3. The maximum Gasteiger partial charge on any atom is 0.245 e. The lowest BCUT2D eigenvalue weighted by Crippen LogP contribution is -2.56. The average molecular weight is 492 g/mol. The largest absolute Gasteiger partial charge is 0.393 e. The second kappa shape index (κ2) is 11.6. The molecule has 190 valence electrons. The Morgan fingerprint density at radius 1 is 1.00 bits per heavy atom. The van der Waals surface area contributed by atoms with Gasteiger partial charge in [-0.15, -0.1) is 0 Å². The fourth-order valence-corrected chi connectivity index (χ4v) is 4.84. The molecule has 3 aromatic rings. The van der Waals surface area contributed by atoms with Gasteiger partial charge in [0.25, 0.3) is 0 Å². The summed E-state index contributed by atoms with van der Waals surface area (Å²) >= 11 is 0. The van der Waals surface area contributed by atoms with Crippen LogP contribution in [0.1, 0.15) is 24.0 Å². The monoisotopic (exact) mass is 491 g/mol. The summed E-state index contributed by atoms with van der Waals surface area (Å²) < 4.78 is 13.5. The van der Waals surface area contributed by atoms with Crippen molar-refractivity contribution >= 4 is 22.6 Å². The fraction of sp³-hybridized carbons (Fsp3) is 0.379. The number of aliphatic hydroxyl groups excluding tert-OH is 1. The highest BCUT2D eigenvalue weighted by Crippen LogP contribution is 2.20. The molecule has 1 heterocycles. The zero-order valence-corrected chi connectivity index (χ0v) is 20.9. The highest BCUT2D eigenvalue weighted by atomic mass is 19.1. The number of carbonyl (C=O) groups is 2. The van der Waals surface area contributed by atoms with Crippen molar-refractivity contribution in [3.05, 3.63) is 83.7 Å². The van der Waals surface area contributed by atoms with Gasteiger partial charge in [0.2, 0.25) is 11.8 Å². The number of rotatable bonds is 8. The molecule has 4 rings (SSSR count). The first kappa shape index (κ1) is 25.8. The van der Waals surface area contributed by atoms with Crippen LogP contribution in [-0.4, -0.2) is 72.1 Å². The van der Waals surface area contributed by atoms with E-state index in [-0.39, 0.29) is 24.1 Å². The van der Waals surface area contributed by atoms with Crippen molar-refractivity contribution < 1.29 is 19.1 Å². The van der Waals surface area contributed by atoms with E-state index in [4.69, 9.17) is 0 Å². The Bertz CT molecular complexity index is 1190. The van der Waals surface area contributed by atoms with Gasteiger partial charge in [0.05, 0.1) is 12.1 Å². The Hall–Kier alpha value is -3.29. The van der Waals surface area contributed by atoms with Crippen LogP contribution in [0.4, 0.5) is 4.39 Å². The summed E-state index contributed by atoms with van der Waals surface area (Å²) in [7, 11) is 3.41. The normalized spacial score (nSPS) is 16.1. The number of carbonyl (C=O) groups excluding carboxylic acids is 2. The zero-order valence-electron chi connectivity index (χ0n) is 20.9. The molecular formula is C29H34FN3O3. The number of likely N-dealkylation sites (tertiary alicyclic amines) is 1. The number of nitrogens with one attached hydrogen (secondary N) is 1. The van der Waals surface area contributed by atoms with E-state index in [1.807, 2.05) is 24.3 Å². The molecule has 6 nitrogen and oxygen atoms in total. The minimum atomic E-state index is -0.731. The number of benzene rings is 3. The maximum absolute atomic E-state index is 13.7. The molecule has 0 radical (unpaired) electrons. The topological polar surface area (TPSA) is 72.9 Å². The minimum Gasteiger partial charge on any atom is -0.393 e. The van der Waals surface area contributed by atoms with Crippen LogP contribution in [0.3, 0.4) is 0 Å². The summed E-state index contributed by atoms with van der Waals surface area (Å²) in [4.78, 5) is 30.5. The van der Waals surface area contributed by atoms with E-state index >= 15 is 0 Å². The summed E-state index contributed by atoms with van der Waals surface area (Å²) in [6.45, 7) is 0.906. The number of fused-ring (bicyclic) bond motifs is 1. The van der Waals surface area contributed by atoms with Crippen LogP contribution in [0.25, 0.3) is 10.8 Å². The lowest BCUT2D eigenvalue weighted by atomic mass is 9.98. The summed E-state index contributed by atoms with van der Waals surface area (Å²) in [6, 6.07) is 19.1. The molecule has 2 N–H and O–H groups in total. The summed E-state index contributed by atoms with van der Waals surface area (Å²) in [6.07, 6.45) is 1.41. The quantitative estimate of drug-likeness (QED) is 0.508. The van der Waals surface area contributed by atoms with E-state index in [9.17, 15) is 19.1 Å². The first-order chi connectivity index (χ1) is 17.4. The number of hydrogen-bond donors (Lipinski definition) is 2. The van der Waals surface area contributed by atoms with Crippen molar-refractivity contribution in [1.29, 1.82) is 0 Å². The van der Waals surface area contributed by atoms with E-state index in [1.165, 1.54) is 17.0 Å². The molecular weight excluding hydrogens is 457 g/mol. The fourth-order valence-electron chi connectivity index (χ4n) is 4.84. The van der Waals surface area contributed by atoms with Crippen LogP contribution in [0.5, 0.6) is 0 Å². The number of piperidine rings is 1. The van der Waals surface area contributed by atoms with Crippen LogP contribution < -0.4 is 5.32 Å². The molecule has 0 aliphatic carbocycles. The Balaban J connectivity index is 1.54. The van der Waals surface area contributed by atoms with Crippen molar-refractivity contribution in [2.75, 3.05) is 27.2 Å². The van der Waals surface area contributed by atoms with Gasteiger partial charge >= 0.3 is 0 Å². The molecule has 0 aromatic heterocycles. The molecule has 0 spiro atoms. The lowest BCUT2D eigenvalue weighted by molar-refractivity contribution is -0.146. The van der Waals surface area contributed by atoms with Crippen LogP contribution in [-0.2, 0) is 22.4 Å². The van der Waals surface area contributed by atoms with E-state index in [0.29, 0.717) is 32.4 Å². The molecule has 0 bridgehead atoms. The van der Waals surface area contributed by atoms with Crippen molar-refractivity contribution in [3.63, 3.8) is 0 Å². The molecule has 36 heavy (non-hydrogen) atoms. The Morgan fingerprint density at radius 2 is 1.64 bits per heavy atom. The summed E-state index contributed by atoms with van der Waals surface area (Å²) in [5.74, 6) is -0.674. The number of halogens is 1. The first-order valence-corrected chi connectivity index (χ1v) is 12.5. The Morgan fingerprint density at radius 3 is 2.31 bits per heavy atom. The van der Waals surface area contributed by atoms with E-state index in [2.05, 4.69) is 23.5 Å². The van der Waals surface area contributed by atoms with Gasteiger partial charge in [0.15, 0.2) is 0 Å². The van der Waals surface area contributed by atoms with Gasteiger partial charge in [-0.25, -0.2) is 4.39 Å². The van der Waals surface area contributed by atoms with Gasteiger partial charge < -0.3 is 20.2 Å². The van der Waals surface area contributed by atoms with Crippen molar-refractivity contribution in [2.24, 2.45) is 0 Å². The van der Waals surface area contributed by atoms with Crippen LogP contribution in [0.15, 0.2) is 66.7 Å². The second-order valence-electron chi connectivity index (χ2n) is 9.58. The number of likely N-dealkylation sites (N-methyl/N-ethyl adjacent to an activating group) is 2. The van der Waals surface area contributed by atoms with E-state index < -0.39 is 18.2 Å². The van der Waals surface area contributed by atoms with Gasteiger partial charge in [-0.05, 0) is 60.3 Å². The van der Waals surface area contributed by atoms with Gasteiger partial charge in [-0.2, -0.15) is 0 Å². The van der Waals surface area contributed by atoms with Crippen LogP contribution in [0.2, 0.25) is 0 Å². The molecule has 2 amide bonds. The van der Waals surface area contributed by atoms with Gasteiger partial charge in [-0.1, -0.05) is 54.6 Å². The molecule has 0 unspecified atom stereocenters. The summed E-state index contributed by atoms with van der Waals surface area (Å²) in [5.41, 5.74) is 1.81. The molecule has 1 aliphatic rings. The third-order valence-electron chi connectivity index (χ3n) is 7.12. The van der Waals surface area contributed by atoms with Crippen LogP contribution in [0, 0.1) is 5.82 Å². The zero-order chi connectivity index (χ0) is 25.7. The minimum absolute atomic E-state index is 0.150. The number of hydrogen-bond acceptors (Lipinski definition) is 4. The van der Waals surface area contributed by atoms with Crippen molar-refractivity contribution in [2.45, 2.75) is 43.9 Å². The smallest absolute Gasteiger partial charge is 0.245 e. The molecule has 3 aromatic carbocycles. The van der Waals surface area contributed by atoms with Gasteiger partial charge in [0, 0.05) is 26.6 Å². The van der Waals surface area contributed by atoms with Crippen molar-refractivity contribution in [1.82, 2.24) is 15.1 Å². The molecule has 1 saturated heterocycles. The molecule has 7 heteroatoms. The maximum atomic E-state index is 13.7. The Labute approximate surface area is 211 Å². The van der Waals surface area contributed by atoms with Crippen molar-refractivity contribution in [3.8, 4) is 0 Å². The lowest BCUT2D eigenvalue weighted by Gasteiger charge is -2.37. The third kappa shape index (κ3) is 6.09. The predicted molar refractivity (Wildman–Crippen MR) is 139 cm³/mol. The van der Waals surface area contributed by atoms with Gasteiger partial charge in [-0.3, -0.25) is 9.59 Å². The number of nitrogens with zero attached hydrogens (tertiary/aromatic N) is 2. The van der Waals surface area contributed by atoms with Crippen LogP contribution >= 0.6 is 0 Å². The van der Waals surface area contributed by atoms with E-state index in [1.54, 1.807) is 31.1 Å². The Kier molecular flexibility index (Phi) is 8.33. The molecule has 1 aliphatic heterocycles. The SMILES string of the molecule is CN[C@H](Cc1ccc2ccccc2c1)C(=O)N(C)[C@H](Cc1ccc(F)cc1)C(=O)N1CCC(O)CC1. The second-order valence-corrected chi connectivity index (χ2v) is 9.58. The first-order valence-electron chi connectivity index (χ1n) is 12.5. The third-order valence-corrected chi connectivity index (χ3v) is 7.12. The van der Waals surface area contributed by atoms with Gasteiger partial charge in [0.1, 0.15) is 11.9 Å². The number of aliphatic hydroxyl groups is 1. The standard InChI is InChI=1S/C29H34FN3O3/c1-31-26(18-21-7-10-22-5-3-4-6-23(22)17-21)28(35)32(2)27(19-20-8-11-24(30)12-9-20)29(36)33-15-13-25(34)14-16-33/h3-12,17,25-27,31,34H,13-16,18-19H2,1-2H3/t26-,27-/m1/s1. The molecule has 2 atom stereocenters. The highest BCUT2D eigenvalue weighted by molar-refractivity contribution is 5.90.